The normalized spacial score (nSPS) is 13.9. The predicted molar refractivity (Wildman–Crippen MR) is 69.4 cm³/mol. The topological polar surface area (TPSA) is 81.5 Å². The maximum Gasteiger partial charge on any atom is 0.334 e. The van der Waals surface area contributed by atoms with Crippen LogP contribution < -0.4 is 5.32 Å². The summed E-state index contributed by atoms with van der Waals surface area (Å²) in [6, 6.07) is 4.96. The lowest BCUT2D eigenvalue weighted by Crippen LogP contribution is -2.12. The van der Waals surface area contributed by atoms with Crippen LogP contribution >= 0.6 is 0 Å². The molecule has 102 valence electrons. The van der Waals surface area contributed by atoms with Crippen molar-refractivity contribution < 1.29 is 14.7 Å². The van der Waals surface area contributed by atoms with Crippen LogP contribution in [0.5, 0.6) is 0 Å². The van der Waals surface area contributed by atoms with E-state index >= 15 is 0 Å². The molecule has 0 heterocycles. The average Bonchev–Trinajstić information content (AvgIpc) is 3.19. The summed E-state index contributed by atoms with van der Waals surface area (Å²) in [5.74, 6) is -0.183. The molecule has 0 aromatic heterocycles. The van der Waals surface area contributed by atoms with Crippen LogP contribution in [0.25, 0.3) is 0 Å². The molecule has 1 saturated carbocycles. The first-order valence-corrected chi connectivity index (χ1v) is 6.33. The fraction of sp³-hybridized carbons (Fsp3) is 0.462. The Kier molecular flexibility index (Phi) is 3.99. The number of nitrogens with zero attached hydrogens (tertiary/aromatic N) is 1. The van der Waals surface area contributed by atoms with Crippen molar-refractivity contribution >= 4 is 11.7 Å². The lowest BCUT2D eigenvalue weighted by atomic mass is 10.1. The van der Waals surface area contributed by atoms with Crippen LogP contribution in [0.4, 0.5) is 5.69 Å². The molecule has 6 nitrogen and oxygen atoms in total. The fourth-order valence-corrected chi connectivity index (χ4v) is 1.88. The van der Waals surface area contributed by atoms with Gasteiger partial charge in [0.05, 0.1) is 0 Å². The second kappa shape index (κ2) is 5.69. The van der Waals surface area contributed by atoms with Gasteiger partial charge in [0, 0.05) is 17.8 Å². The third-order valence-electron chi connectivity index (χ3n) is 3.16. The molecule has 1 aliphatic rings. The molecule has 0 radical (unpaired) electrons. The number of carbonyl (C=O) groups is 1. The van der Waals surface area contributed by atoms with Crippen molar-refractivity contribution in [1.29, 1.82) is 0 Å². The monoisotopic (exact) mass is 264 g/mol. The molecule has 1 aliphatic carbocycles. The molecule has 0 atom stereocenters. The van der Waals surface area contributed by atoms with Gasteiger partial charge in [-0.05, 0) is 48.9 Å². The minimum absolute atomic E-state index is 0.200. The zero-order valence-electron chi connectivity index (χ0n) is 10.7. The summed E-state index contributed by atoms with van der Waals surface area (Å²) >= 11 is 0. The summed E-state index contributed by atoms with van der Waals surface area (Å²) in [4.78, 5) is 25.5. The van der Waals surface area contributed by atoms with Crippen LogP contribution in [0, 0.1) is 16.0 Å². The molecule has 0 aliphatic heterocycles. The Balaban J connectivity index is 2.09. The largest absolute Gasteiger partial charge is 0.385 e. The highest BCUT2D eigenvalue weighted by molar-refractivity contribution is 5.89. The Labute approximate surface area is 110 Å². The molecular weight excluding hydrogens is 248 g/mol. The molecule has 1 fully saturated rings. The van der Waals surface area contributed by atoms with Crippen molar-refractivity contribution in [3.05, 3.63) is 39.4 Å². The molecule has 6 heteroatoms. The number of anilines is 1. The van der Waals surface area contributed by atoms with Gasteiger partial charge in [-0.25, -0.2) is 4.84 Å². The minimum Gasteiger partial charge on any atom is -0.385 e. The van der Waals surface area contributed by atoms with E-state index < -0.39 is 11.1 Å². The number of hydrogen-bond acceptors (Lipinski definition) is 5. The van der Waals surface area contributed by atoms with Gasteiger partial charge in [0.25, 0.3) is 0 Å². The Morgan fingerprint density at radius 1 is 1.53 bits per heavy atom. The highest BCUT2D eigenvalue weighted by atomic mass is 17.0. The van der Waals surface area contributed by atoms with Crippen LogP contribution in [0.2, 0.25) is 0 Å². The smallest absolute Gasteiger partial charge is 0.334 e. The molecule has 0 unspecified atom stereocenters. The number of hydrogen-bond donors (Lipinski definition) is 1. The first kappa shape index (κ1) is 13.3. The van der Waals surface area contributed by atoms with Crippen molar-refractivity contribution in [2.45, 2.75) is 26.2 Å². The van der Waals surface area contributed by atoms with Crippen LogP contribution in [0.3, 0.4) is 0 Å². The molecular formula is C13H16N2O4. The minimum atomic E-state index is -1.09. The van der Waals surface area contributed by atoms with Gasteiger partial charge in [-0.3, -0.25) is 4.79 Å². The van der Waals surface area contributed by atoms with Crippen molar-refractivity contribution in [1.82, 2.24) is 0 Å². The molecule has 0 amide bonds. The van der Waals surface area contributed by atoms with Gasteiger partial charge in [0.1, 0.15) is 0 Å². The molecule has 0 spiro atoms. The highest BCUT2D eigenvalue weighted by Gasteiger charge is 2.21. The number of carbonyl (C=O) groups excluding carboxylic acids is 1. The van der Waals surface area contributed by atoms with Gasteiger partial charge in [-0.15, -0.1) is 10.1 Å². The van der Waals surface area contributed by atoms with Gasteiger partial charge in [0.2, 0.25) is 0 Å². The molecule has 1 aromatic rings. The van der Waals surface area contributed by atoms with Crippen LogP contribution in [0.15, 0.2) is 18.2 Å². The highest BCUT2D eigenvalue weighted by Crippen LogP contribution is 2.29. The average molecular weight is 264 g/mol. The summed E-state index contributed by atoms with van der Waals surface area (Å²) in [5, 5.41) is 12.4. The molecule has 19 heavy (non-hydrogen) atoms. The maximum absolute atomic E-state index is 11.4. The van der Waals surface area contributed by atoms with E-state index in [-0.39, 0.29) is 5.56 Å². The third-order valence-corrected chi connectivity index (χ3v) is 3.16. The number of nitrogens with one attached hydrogen (secondary N) is 1. The second-order valence-corrected chi connectivity index (χ2v) is 4.65. The first-order valence-electron chi connectivity index (χ1n) is 6.33. The molecule has 0 bridgehead atoms. The van der Waals surface area contributed by atoms with Crippen LogP contribution in [0.1, 0.15) is 35.7 Å². The van der Waals surface area contributed by atoms with Crippen LogP contribution in [-0.2, 0) is 11.3 Å². The van der Waals surface area contributed by atoms with Gasteiger partial charge in [-0.2, -0.15) is 0 Å². The van der Waals surface area contributed by atoms with Crippen molar-refractivity contribution in [3.8, 4) is 0 Å². The van der Waals surface area contributed by atoms with Crippen LogP contribution in [-0.4, -0.2) is 17.6 Å². The Morgan fingerprint density at radius 2 is 2.26 bits per heavy atom. The van der Waals surface area contributed by atoms with E-state index in [4.69, 9.17) is 0 Å². The van der Waals surface area contributed by atoms with E-state index in [2.05, 4.69) is 10.2 Å². The van der Waals surface area contributed by atoms with Crippen molar-refractivity contribution in [2.24, 2.45) is 5.92 Å². The summed E-state index contributed by atoms with van der Waals surface area (Å²) in [7, 11) is 0. The van der Waals surface area contributed by atoms with E-state index in [0.717, 1.165) is 30.1 Å². The quantitative estimate of drug-likeness (QED) is 0.630. The molecule has 1 N–H and O–H groups in total. The van der Waals surface area contributed by atoms with Gasteiger partial charge < -0.3 is 5.32 Å². The molecule has 0 saturated heterocycles. The van der Waals surface area contributed by atoms with Crippen molar-refractivity contribution in [2.75, 3.05) is 11.9 Å². The Bertz CT molecular complexity index is 497. The standard InChI is InChI=1S/C13H16N2O4/c1-2-10-7-11(13(16)19-15(17)18)5-6-12(10)14-8-9-3-4-9/h5-7,9,14H,2-4,8H2,1H3. The molecule has 1 aromatic carbocycles. The third kappa shape index (κ3) is 3.67. The Hall–Kier alpha value is -2.11. The van der Waals surface area contributed by atoms with E-state index in [1.165, 1.54) is 12.8 Å². The summed E-state index contributed by atoms with van der Waals surface area (Å²) in [6.45, 7) is 2.91. The fourth-order valence-electron chi connectivity index (χ4n) is 1.88. The summed E-state index contributed by atoms with van der Waals surface area (Å²) in [5.41, 5.74) is 2.14. The number of benzene rings is 1. The van der Waals surface area contributed by atoms with Crippen molar-refractivity contribution in [3.63, 3.8) is 0 Å². The van der Waals surface area contributed by atoms with Gasteiger partial charge >= 0.3 is 11.1 Å². The predicted octanol–water partition coefficient (Wildman–Crippen LogP) is 2.42. The zero-order chi connectivity index (χ0) is 13.8. The zero-order valence-corrected chi connectivity index (χ0v) is 10.7. The summed E-state index contributed by atoms with van der Waals surface area (Å²) < 4.78 is 0. The van der Waals surface area contributed by atoms with E-state index in [1.54, 1.807) is 18.2 Å². The van der Waals surface area contributed by atoms with Gasteiger partial charge in [0.15, 0.2) is 0 Å². The second-order valence-electron chi connectivity index (χ2n) is 4.65. The molecule has 2 rings (SSSR count). The Morgan fingerprint density at radius 3 is 2.84 bits per heavy atom. The SMILES string of the molecule is CCc1cc(C(=O)O[N+](=O)[O-])ccc1NCC1CC1. The lowest BCUT2D eigenvalue weighted by molar-refractivity contribution is -0.727. The van der Waals surface area contributed by atoms with Gasteiger partial charge in [-0.1, -0.05) is 6.92 Å². The number of rotatable bonds is 6. The number of aryl methyl sites for hydroxylation is 1. The van der Waals surface area contributed by atoms with E-state index in [9.17, 15) is 14.9 Å². The lowest BCUT2D eigenvalue weighted by Gasteiger charge is -2.11. The van der Waals surface area contributed by atoms with E-state index in [1.807, 2.05) is 6.92 Å². The summed E-state index contributed by atoms with van der Waals surface area (Å²) in [6.07, 6.45) is 3.27. The van der Waals surface area contributed by atoms with E-state index in [0.29, 0.717) is 0 Å². The first-order chi connectivity index (χ1) is 9.10. The maximum atomic E-state index is 11.4.